The SMILES string of the molecule is CC(=O)c1ccc(Nc2cccc(Cl)c2)cc1N. The van der Waals surface area contributed by atoms with Gasteiger partial charge in [0.05, 0.1) is 0 Å². The van der Waals surface area contributed by atoms with Gasteiger partial charge in [-0.15, -0.1) is 0 Å². The average Bonchev–Trinajstić information content (AvgIpc) is 2.28. The molecule has 0 atom stereocenters. The van der Waals surface area contributed by atoms with E-state index in [1.54, 1.807) is 18.2 Å². The zero-order valence-electron chi connectivity index (χ0n) is 9.91. The number of nitrogens with two attached hydrogens (primary N) is 1. The summed E-state index contributed by atoms with van der Waals surface area (Å²) in [7, 11) is 0. The van der Waals surface area contributed by atoms with Crippen LogP contribution in [-0.2, 0) is 0 Å². The van der Waals surface area contributed by atoms with Crippen LogP contribution in [0, 0.1) is 0 Å². The van der Waals surface area contributed by atoms with Crippen molar-refractivity contribution < 1.29 is 4.79 Å². The molecule has 0 unspecified atom stereocenters. The van der Waals surface area contributed by atoms with Gasteiger partial charge in [0, 0.05) is 27.6 Å². The Hall–Kier alpha value is -2.00. The Balaban J connectivity index is 2.25. The number of halogens is 1. The molecule has 0 radical (unpaired) electrons. The van der Waals surface area contributed by atoms with E-state index in [0.29, 0.717) is 16.3 Å². The molecule has 0 fully saturated rings. The van der Waals surface area contributed by atoms with Gasteiger partial charge in [-0.2, -0.15) is 0 Å². The quantitative estimate of drug-likeness (QED) is 0.651. The number of ketones is 1. The van der Waals surface area contributed by atoms with Gasteiger partial charge in [-0.3, -0.25) is 4.79 Å². The van der Waals surface area contributed by atoms with E-state index in [1.165, 1.54) is 6.92 Å². The summed E-state index contributed by atoms with van der Waals surface area (Å²) in [5.74, 6) is -0.0400. The van der Waals surface area contributed by atoms with Gasteiger partial charge in [0.1, 0.15) is 0 Å². The van der Waals surface area contributed by atoms with Gasteiger partial charge < -0.3 is 11.1 Å². The van der Waals surface area contributed by atoms with Crippen LogP contribution in [0.2, 0.25) is 5.02 Å². The molecule has 0 aliphatic carbocycles. The molecule has 3 N–H and O–H groups in total. The predicted molar refractivity (Wildman–Crippen MR) is 75.6 cm³/mol. The van der Waals surface area contributed by atoms with Crippen LogP contribution in [0.5, 0.6) is 0 Å². The molecule has 0 heterocycles. The largest absolute Gasteiger partial charge is 0.398 e. The summed E-state index contributed by atoms with van der Waals surface area (Å²) in [6.45, 7) is 1.50. The maximum Gasteiger partial charge on any atom is 0.161 e. The standard InChI is InChI=1S/C14H13ClN2O/c1-9(18)13-6-5-12(8-14(13)16)17-11-4-2-3-10(15)7-11/h2-8,17H,16H2,1H3. The summed E-state index contributed by atoms with van der Waals surface area (Å²) in [5.41, 5.74) is 8.51. The van der Waals surface area contributed by atoms with Crippen molar-refractivity contribution in [1.82, 2.24) is 0 Å². The van der Waals surface area contributed by atoms with Gasteiger partial charge in [-0.25, -0.2) is 0 Å². The lowest BCUT2D eigenvalue weighted by molar-refractivity contribution is 0.101. The van der Waals surface area contributed by atoms with E-state index in [2.05, 4.69) is 5.32 Å². The molecule has 0 bridgehead atoms. The lowest BCUT2D eigenvalue weighted by Crippen LogP contribution is -2.00. The fourth-order valence-electron chi connectivity index (χ4n) is 1.69. The van der Waals surface area contributed by atoms with Crippen molar-refractivity contribution in [2.45, 2.75) is 6.92 Å². The number of benzene rings is 2. The first-order valence-corrected chi connectivity index (χ1v) is 5.87. The molecule has 2 rings (SSSR count). The second-order valence-corrected chi connectivity index (χ2v) is 4.43. The molecular weight excluding hydrogens is 248 g/mol. The van der Waals surface area contributed by atoms with E-state index in [-0.39, 0.29) is 5.78 Å². The van der Waals surface area contributed by atoms with Crippen molar-refractivity contribution in [3.8, 4) is 0 Å². The van der Waals surface area contributed by atoms with Crippen molar-refractivity contribution in [1.29, 1.82) is 0 Å². The van der Waals surface area contributed by atoms with Crippen molar-refractivity contribution >= 4 is 34.4 Å². The number of anilines is 3. The third-order valence-electron chi connectivity index (χ3n) is 2.54. The van der Waals surface area contributed by atoms with Gasteiger partial charge in [-0.1, -0.05) is 17.7 Å². The van der Waals surface area contributed by atoms with Gasteiger partial charge in [0.15, 0.2) is 5.78 Å². The summed E-state index contributed by atoms with van der Waals surface area (Å²) < 4.78 is 0. The molecule has 2 aromatic carbocycles. The van der Waals surface area contributed by atoms with Crippen LogP contribution in [-0.4, -0.2) is 5.78 Å². The number of nitrogen functional groups attached to an aromatic ring is 1. The summed E-state index contributed by atoms with van der Waals surface area (Å²) in [6, 6.07) is 12.6. The molecule has 3 nitrogen and oxygen atoms in total. The Bertz CT molecular complexity index is 596. The van der Waals surface area contributed by atoms with E-state index >= 15 is 0 Å². The minimum atomic E-state index is -0.0400. The molecule has 0 saturated carbocycles. The molecular formula is C14H13ClN2O. The number of carbonyl (C=O) groups excluding carboxylic acids is 1. The van der Waals surface area contributed by atoms with Gasteiger partial charge in [-0.05, 0) is 43.3 Å². The summed E-state index contributed by atoms with van der Waals surface area (Å²) in [5, 5.41) is 3.84. The zero-order chi connectivity index (χ0) is 13.1. The van der Waals surface area contributed by atoms with Gasteiger partial charge in [0.25, 0.3) is 0 Å². The van der Waals surface area contributed by atoms with Crippen LogP contribution < -0.4 is 11.1 Å². The first-order valence-electron chi connectivity index (χ1n) is 5.49. The second-order valence-electron chi connectivity index (χ2n) is 3.99. The summed E-state index contributed by atoms with van der Waals surface area (Å²) in [6.07, 6.45) is 0. The highest BCUT2D eigenvalue weighted by molar-refractivity contribution is 6.30. The van der Waals surface area contributed by atoms with Gasteiger partial charge >= 0.3 is 0 Å². The fraction of sp³-hybridized carbons (Fsp3) is 0.0714. The third kappa shape index (κ3) is 2.81. The molecule has 0 aromatic heterocycles. The van der Waals surface area contributed by atoms with Crippen LogP contribution in [0.25, 0.3) is 0 Å². The van der Waals surface area contributed by atoms with Crippen molar-refractivity contribution in [2.75, 3.05) is 11.1 Å². The highest BCUT2D eigenvalue weighted by Crippen LogP contribution is 2.23. The Morgan fingerprint density at radius 2 is 1.89 bits per heavy atom. The van der Waals surface area contributed by atoms with Crippen LogP contribution in [0.4, 0.5) is 17.1 Å². The minimum absolute atomic E-state index is 0.0400. The Morgan fingerprint density at radius 1 is 1.17 bits per heavy atom. The molecule has 18 heavy (non-hydrogen) atoms. The highest BCUT2D eigenvalue weighted by Gasteiger charge is 2.05. The lowest BCUT2D eigenvalue weighted by Gasteiger charge is -2.09. The molecule has 0 saturated heterocycles. The maximum absolute atomic E-state index is 11.3. The second kappa shape index (κ2) is 5.10. The Morgan fingerprint density at radius 3 is 2.50 bits per heavy atom. The number of hydrogen-bond acceptors (Lipinski definition) is 3. The smallest absolute Gasteiger partial charge is 0.161 e. The molecule has 2 aromatic rings. The Kier molecular flexibility index (Phi) is 3.53. The normalized spacial score (nSPS) is 10.1. The number of Topliss-reactive ketones (excluding diaryl/α,β-unsaturated/α-hetero) is 1. The number of nitrogens with one attached hydrogen (secondary N) is 1. The van der Waals surface area contributed by atoms with E-state index in [4.69, 9.17) is 17.3 Å². The molecule has 0 amide bonds. The predicted octanol–water partition coefficient (Wildman–Crippen LogP) is 3.87. The Labute approximate surface area is 111 Å². The van der Waals surface area contributed by atoms with E-state index in [1.807, 2.05) is 24.3 Å². The highest BCUT2D eigenvalue weighted by atomic mass is 35.5. The van der Waals surface area contributed by atoms with Crippen molar-refractivity contribution in [3.05, 3.63) is 53.1 Å². The van der Waals surface area contributed by atoms with Crippen LogP contribution in [0.1, 0.15) is 17.3 Å². The molecule has 92 valence electrons. The molecule has 0 aliphatic rings. The third-order valence-corrected chi connectivity index (χ3v) is 2.78. The topological polar surface area (TPSA) is 55.1 Å². The first-order chi connectivity index (χ1) is 8.56. The zero-order valence-corrected chi connectivity index (χ0v) is 10.7. The maximum atomic E-state index is 11.3. The molecule has 0 aliphatic heterocycles. The summed E-state index contributed by atoms with van der Waals surface area (Å²) in [4.78, 5) is 11.3. The van der Waals surface area contributed by atoms with E-state index < -0.39 is 0 Å². The summed E-state index contributed by atoms with van der Waals surface area (Å²) >= 11 is 5.90. The number of carbonyl (C=O) groups is 1. The van der Waals surface area contributed by atoms with Crippen molar-refractivity contribution in [2.24, 2.45) is 0 Å². The first kappa shape index (κ1) is 12.5. The van der Waals surface area contributed by atoms with E-state index in [0.717, 1.165) is 11.4 Å². The fourth-order valence-corrected chi connectivity index (χ4v) is 1.88. The van der Waals surface area contributed by atoms with E-state index in [9.17, 15) is 4.79 Å². The van der Waals surface area contributed by atoms with Crippen LogP contribution >= 0.6 is 11.6 Å². The lowest BCUT2D eigenvalue weighted by atomic mass is 10.1. The van der Waals surface area contributed by atoms with Crippen LogP contribution in [0.15, 0.2) is 42.5 Å². The minimum Gasteiger partial charge on any atom is -0.398 e. The molecule has 0 spiro atoms. The van der Waals surface area contributed by atoms with Crippen molar-refractivity contribution in [3.63, 3.8) is 0 Å². The number of hydrogen-bond donors (Lipinski definition) is 2. The molecule has 4 heteroatoms. The average molecular weight is 261 g/mol. The monoisotopic (exact) mass is 260 g/mol. The van der Waals surface area contributed by atoms with Crippen LogP contribution in [0.3, 0.4) is 0 Å². The van der Waals surface area contributed by atoms with Gasteiger partial charge in [0.2, 0.25) is 0 Å². The number of rotatable bonds is 3.